The molecule has 1 N–H and O–H groups in total. The standard InChI is InChI=1S/C15H20N2O3S/c1-4-5-6-12-11(10(3)20-17-12)7-8-13-16-9(2)14(21-13)15(18)19/h4-8H2,1-3H3,(H,18,19). The third-order valence-corrected chi connectivity index (χ3v) is 4.66. The smallest absolute Gasteiger partial charge is 0.347 e. The molecule has 0 spiro atoms. The molecule has 0 radical (unpaired) electrons. The Morgan fingerprint density at radius 3 is 2.67 bits per heavy atom. The van der Waals surface area contributed by atoms with Crippen LogP contribution >= 0.6 is 11.3 Å². The van der Waals surface area contributed by atoms with Crippen LogP contribution in [0.3, 0.4) is 0 Å². The SMILES string of the molecule is CCCCc1noc(C)c1CCc1nc(C)c(C(=O)O)s1. The average molecular weight is 308 g/mol. The quantitative estimate of drug-likeness (QED) is 0.846. The van der Waals surface area contributed by atoms with E-state index in [0.717, 1.165) is 54.1 Å². The third-order valence-electron chi connectivity index (χ3n) is 3.46. The second-order valence-electron chi connectivity index (χ2n) is 5.09. The first-order valence-electron chi connectivity index (χ1n) is 7.16. The molecule has 0 saturated carbocycles. The summed E-state index contributed by atoms with van der Waals surface area (Å²) >= 11 is 1.26. The lowest BCUT2D eigenvalue weighted by molar-refractivity contribution is 0.0701. The molecule has 0 atom stereocenters. The number of unbranched alkanes of at least 4 members (excludes halogenated alkanes) is 1. The molecule has 0 aliphatic heterocycles. The Labute approximate surface area is 128 Å². The normalized spacial score (nSPS) is 11.0. The molecule has 0 aromatic carbocycles. The molecule has 2 heterocycles. The van der Waals surface area contributed by atoms with E-state index in [-0.39, 0.29) is 0 Å². The highest BCUT2D eigenvalue weighted by Crippen LogP contribution is 2.22. The highest BCUT2D eigenvalue weighted by molar-refractivity contribution is 7.13. The van der Waals surface area contributed by atoms with E-state index in [1.807, 2.05) is 6.92 Å². The van der Waals surface area contributed by atoms with Crippen molar-refractivity contribution in [1.82, 2.24) is 10.1 Å². The molecule has 0 unspecified atom stereocenters. The van der Waals surface area contributed by atoms with Crippen molar-refractivity contribution in [3.63, 3.8) is 0 Å². The van der Waals surface area contributed by atoms with Gasteiger partial charge in [0.2, 0.25) is 0 Å². The fourth-order valence-electron chi connectivity index (χ4n) is 2.29. The van der Waals surface area contributed by atoms with Gasteiger partial charge in [-0.3, -0.25) is 0 Å². The molecule has 2 aromatic rings. The number of rotatable bonds is 7. The second-order valence-corrected chi connectivity index (χ2v) is 6.18. The highest BCUT2D eigenvalue weighted by atomic mass is 32.1. The van der Waals surface area contributed by atoms with E-state index in [0.29, 0.717) is 10.6 Å². The van der Waals surface area contributed by atoms with E-state index in [1.54, 1.807) is 6.92 Å². The van der Waals surface area contributed by atoms with Gasteiger partial charge in [0.05, 0.1) is 16.4 Å². The van der Waals surface area contributed by atoms with Gasteiger partial charge in [0, 0.05) is 12.0 Å². The van der Waals surface area contributed by atoms with Crippen LogP contribution in [0.1, 0.15) is 57.2 Å². The summed E-state index contributed by atoms with van der Waals surface area (Å²) in [4.78, 5) is 15.7. The number of carboxylic acids is 1. The van der Waals surface area contributed by atoms with E-state index in [4.69, 9.17) is 9.63 Å². The molecule has 0 aliphatic carbocycles. The molecule has 0 saturated heterocycles. The zero-order valence-electron chi connectivity index (χ0n) is 12.6. The molecule has 0 fully saturated rings. The van der Waals surface area contributed by atoms with E-state index in [2.05, 4.69) is 17.1 Å². The largest absolute Gasteiger partial charge is 0.477 e. The first-order valence-corrected chi connectivity index (χ1v) is 7.98. The molecule has 21 heavy (non-hydrogen) atoms. The van der Waals surface area contributed by atoms with Crippen LogP contribution < -0.4 is 0 Å². The van der Waals surface area contributed by atoms with Gasteiger partial charge in [0.1, 0.15) is 10.6 Å². The van der Waals surface area contributed by atoms with Gasteiger partial charge < -0.3 is 9.63 Å². The van der Waals surface area contributed by atoms with E-state index >= 15 is 0 Å². The van der Waals surface area contributed by atoms with Crippen LogP contribution in [0.5, 0.6) is 0 Å². The van der Waals surface area contributed by atoms with Crippen molar-refractivity contribution in [2.75, 3.05) is 0 Å². The van der Waals surface area contributed by atoms with Gasteiger partial charge in [0.25, 0.3) is 0 Å². The maximum absolute atomic E-state index is 11.0. The molecule has 5 nitrogen and oxygen atoms in total. The molecule has 6 heteroatoms. The maximum Gasteiger partial charge on any atom is 0.347 e. The number of aromatic carboxylic acids is 1. The van der Waals surface area contributed by atoms with Crippen molar-refractivity contribution in [2.45, 2.75) is 52.9 Å². The van der Waals surface area contributed by atoms with Crippen molar-refractivity contribution >= 4 is 17.3 Å². The summed E-state index contributed by atoms with van der Waals surface area (Å²) < 4.78 is 5.29. The van der Waals surface area contributed by atoms with E-state index in [1.165, 1.54) is 11.3 Å². The fraction of sp³-hybridized carbons (Fsp3) is 0.533. The predicted molar refractivity (Wildman–Crippen MR) is 81.1 cm³/mol. The van der Waals surface area contributed by atoms with Crippen LogP contribution in [0.2, 0.25) is 0 Å². The molecule has 2 aromatic heterocycles. The fourth-order valence-corrected chi connectivity index (χ4v) is 3.19. The van der Waals surface area contributed by atoms with Crippen molar-refractivity contribution in [3.05, 3.63) is 32.6 Å². The number of hydrogen-bond donors (Lipinski definition) is 1. The van der Waals surface area contributed by atoms with E-state index in [9.17, 15) is 4.79 Å². The summed E-state index contributed by atoms with van der Waals surface area (Å²) in [6.45, 7) is 5.81. The predicted octanol–water partition coefficient (Wildman–Crippen LogP) is 3.57. The zero-order chi connectivity index (χ0) is 15.4. The number of aromatic nitrogens is 2. The Bertz CT molecular complexity index is 631. The minimum absolute atomic E-state index is 0.332. The van der Waals surface area contributed by atoms with E-state index < -0.39 is 5.97 Å². The van der Waals surface area contributed by atoms with Crippen LogP contribution in [0.15, 0.2) is 4.52 Å². The first-order chi connectivity index (χ1) is 10.0. The summed E-state index contributed by atoms with van der Waals surface area (Å²) in [7, 11) is 0. The zero-order valence-corrected chi connectivity index (χ0v) is 13.4. The Hall–Kier alpha value is -1.69. The topological polar surface area (TPSA) is 76.2 Å². The Kier molecular flexibility index (Phi) is 5.12. The maximum atomic E-state index is 11.0. The molecule has 0 amide bonds. The third kappa shape index (κ3) is 3.69. The minimum atomic E-state index is -0.902. The van der Waals surface area contributed by atoms with Crippen LogP contribution in [0, 0.1) is 13.8 Å². The molecule has 0 bridgehead atoms. The number of thiazole rings is 1. The lowest BCUT2D eigenvalue weighted by atomic mass is 10.0. The van der Waals surface area contributed by atoms with Crippen LogP contribution in [-0.4, -0.2) is 21.2 Å². The van der Waals surface area contributed by atoms with Gasteiger partial charge in [-0.15, -0.1) is 11.3 Å². The van der Waals surface area contributed by atoms with Crippen molar-refractivity contribution in [3.8, 4) is 0 Å². The number of carbonyl (C=O) groups is 1. The van der Waals surface area contributed by atoms with Crippen LogP contribution in [0.4, 0.5) is 0 Å². The summed E-state index contributed by atoms with van der Waals surface area (Å²) in [6, 6.07) is 0. The Balaban J connectivity index is 2.07. The van der Waals surface area contributed by atoms with Gasteiger partial charge in [0.15, 0.2) is 0 Å². The Morgan fingerprint density at radius 2 is 2.05 bits per heavy atom. The molecular weight excluding hydrogens is 288 g/mol. The van der Waals surface area contributed by atoms with Crippen LogP contribution in [0.25, 0.3) is 0 Å². The number of aryl methyl sites for hydroxylation is 4. The van der Waals surface area contributed by atoms with Gasteiger partial charge in [-0.05, 0) is 33.1 Å². The molecule has 0 aliphatic rings. The van der Waals surface area contributed by atoms with Gasteiger partial charge in [-0.2, -0.15) is 0 Å². The first kappa shape index (κ1) is 15.7. The summed E-state index contributed by atoms with van der Waals surface area (Å²) in [5.74, 6) is -0.0473. The molecule has 2 rings (SSSR count). The second kappa shape index (κ2) is 6.85. The Morgan fingerprint density at radius 1 is 1.29 bits per heavy atom. The molecular formula is C15H20N2O3S. The number of carboxylic acid groups (broad SMARTS) is 1. The van der Waals surface area contributed by atoms with Gasteiger partial charge in [-0.25, -0.2) is 9.78 Å². The average Bonchev–Trinajstić information content (AvgIpc) is 2.97. The monoisotopic (exact) mass is 308 g/mol. The van der Waals surface area contributed by atoms with Crippen LogP contribution in [-0.2, 0) is 19.3 Å². The highest BCUT2D eigenvalue weighted by Gasteiger charge is 2.16. The number of nitrogens with zero attached hydrogens (tertiary/aromatic N) is 2. The lowest BCUT2D eigenvalue weighted by Crippen LogP contribution is -1.97. The van der Waals surface area contributed by atoms with Crippen molar-refractivity contribution < 1.29 is 14.4 Å². The van der Waals surface area contributed by atoms with Crippen molar-refractivity contribution in [1.29, 1.82) is 0 Å². The molecule has 114 valence electrons. The van der Waals surface area contributed by atoms with Gasteiger partial charge in [-0.1, -0.05) is 18.5 Å². The summed E-state index contributed by atoms with van der Waals surface area (Å²) in [5, 5.41) is 14.0. The number of hydrogen-bond acceptors (Lipinski definition) is 5. The minimum Gasteiger partial charge on any atom is -0.477 e. The van der Waals surface area contributed by atoms with Gasteiger partial charge >= 0.3 is 5.97 Å². The lowest BCUT2D eigenvalue weighted by Gasteiger charge is -2.00. The summed E-state index contributed by atoms with van der Waals surface area (Å²) in [5.41, 5.74) is 2.77. The van der Waals surface area contributed by atoms with Crippen molar-refractivity contribution in [2.24, 2.45) is 0 Å². The summed E-state index contributed by atoms with van der Waals surface area (Å²) in [6.07, 6.45) is 4.66.